The zero-order valence-electron chi connectivity index (χ0n) is 13.4. The first-order valence-corrected chi connectivity index (χ1v) is 8.19. The number of rotatable bonds is 6. The summed E-state index contributed by atoms with van der Waals surface area (Å²) in [6.45, 7) is 4.35. The number of morpholine rings is 1. The van der Waals surface area contributed by atoms with Crippen molar-refractivity contribution in [2.75, 3.05) is 26.2 Å². The summed E-state index contributed by atoms with van der Waals surface area (Å²) in [6, 6.07) is 18.2. The molecule has 3 rings (SSSR count). The summed E-state index contributed by atoms with van der Waals surface area (Å²) in [5.41, 5.74) is 6.92. The quantitative estimate of drug-likeness (QED) is 0.890. The topological polar surface area (TPSA) is 47.7 Å². The monoisotopic (exact) mass is 312 g/mol. The van der Waals surface area contributed by atoms with Gasteiger partial charge >= 0.3 is 0 Å². The summed E-state index contributed by atoms with van der Waals surface area (Å²) >= 11 is 0. The maximum absolute atomic E-state index is 5.82. The lowest BCUT2D eigenvalue weighted by Gasteiger charge is -2.32. The van der Waals surface area contributed by atoms with Crippen LogP contribution in [-0.4, -0.2) is 37.2 Å². The summed E-state index contributed by atoms with van der Waals surface area (Å²) in [5.74, 6) is 1.72. The third-order valence-electron chi connectivity index (χ3n) is 4.02. The van der Waals surface area contributed by atoms with E-state index in [0.717, 1.165) is 44.2 Å². The third-order valence-corrected chi connectivity index (χ3v) is 4.02. The smallest absolute Gasteiger partial charge is 0.127 e. The molecule has 2 aromatic carbocycles. The highest BCUT2D eigenvalue weighted by Gasteiger charge is 2.19. The molecule has 1 atom stereocenters. The average molecular weight is 312 g/mol. The fourth-order valence-electron chi connectivity index (χ4n) is 2.83. The molecule has 1 fully saturated rings. The maximum atomic E-state index is 5.82. The molecule has 0 saturated carbocycles. The molecule has 0 bridgehead atoms. The van der Waals surface area contributed by atoms with Gasteiger partial charge < -0.3 is 15.2 Å². The maximum Gasteiger partial charge on any atom is 0.127 e. The van der Waals surface area contributed by atoms with Gasteiger partial charge in [-0.15, -0.1) is 0 Å². The van der Waals surface area contributed by atoms with E-state index in [4.69, 9.17) is 15.2 Å². The normalized spacial score (nSPS) is 18.7. The van der Waals surface area contributed by atoms with E-state index in [1.54, 1.807) is 0 Å². The predicted molar refractivity (Wildman–Crippen MR) is 91.6 cm³/mol. The summed E-state index contributed by atoms with van der Waals surface area (Å²) in [7, 11) is 0. The van der Waals surface area contributed by atoms with Gasteiger partial charge in [0.2, 0.25) is 0 Å². The number of ether oxygens (including phenoxy) is 2. The lowest BCUT2D eigenvalue weighted by atomic mass is 10.1. The minimum Gasteiger partial charge on any atom is -0.457 e. The molecule has 1 aliphatic rings. The van der Waals surface area contributed by atoms with Gasteiger partial charge in [-0.25, -0.2) is 0 Å². The van der Waals surface area contributed by atoms with Gasteiger partial charge in [0.1, 0.15) is 11.5 Å². The highest BCUT2D eigenvalue weighted by atomic mass is 16.5. The van der Waals surface area contributed by atoms with Crippen LogP contribution >= 0.6 is 0 Å². The van der Waals surface area contributed by atoms with Crippen LogP contribution in [0.1, 0.15) is 12.0 Å². The van der Waals surface area contributed by atoms with Crippen molar-refractivity contribution in [1.29, 1.82) is 0 Å². The predicted octanol–water partition coefficient (Wildman–Crippen LogP) is 3.03. The second-order valence-corrected chi connectivity index (χ2v) is 5.86. The van der Waals surface area contributed by atoms with E-state index >= 15 is 0 Å². The van der Waals surface area contributed by atoms with E-state index in [0.29, 0.717) is 6.54 Å². The minimum absolute atomic E-state index is 0.273. The van der Waals surface area contributed by atoms with Crippen LogP contribution < -0.4 is 10.5 Å². The molecule has 0 radical (unpaired) electrons. The largest absolute Gasteiger partial charge is 0.457 e. The fourth-order valence-corrected chi connectivity index (χ4v) is 2.83. The first kappa shape index (κ1) is 16.0. The Bertz CT molecular complexity index is 584. The first-order valence-electron chi connectivity index (χ1n) is 8.19. The first-order chi connectivity index (χ1) is 11.3. The molecular weight excluding hydrogens is 288 g/mol. The van der Waals surface area contributed by atoms with Gasteiger partial charge in [-0.05, 0) is 42.8 Å². The number of hydrogen-bond donors (Lipinski definition) is 1. The SMILES string of the molecule is NCC[C@H]1CN(Cc2ccc(Oc3ccccc3)cc2)CCO1. The van der Waals surface area contributed by atoms with Gasteiger partial charge in [0.15, 0.2) is 0 Å². The van der Waals surface area contributed by atoms with Crippen molar-refractivity contribution >= 4 is 0 Å². The van der Waals surface area contributed by atoms with Crippen molar-refractivity contribution in [2.24, 2.45) is 5.73 Å². The summed E-state index contributed by atoms with van der Waals surface area (Å²) < 4.78 is 11.6. The Morgan fingerprint density at radius 3 is 2.52 bits per heavy atom. The van der Waals surface area contributed by atoms with Crippen LogP contribution in [0, 0.1) is 0 Å². The lowest BCUT2D eigenvalue weighted by molar-refractivity contribution is -0.0335. The second kappa shape index (κ2) is 8.11. The molecule has 4 heteroatoms. The van der Waals surface area contributed by atoms with Gasteiger partial charge in [-0.1, -0.05) is 30.3 Å². The molecule has 0 aromatic heterocycles. The fraction of sp³-hybridized carbons (Fsp3) is 0.368. The highest BCUT2D eigenvalue weighted by Crippen LogP contribution is 2.22. The molecule has 0 spiro atoms. The zero-order valence-corrected chi connectivity index (χ0v) is 13.4. The van der Waals surface area contributed by atoms with E-state index in [1.165, 1.54) is 5.56 Å². The van der Waals surface area contributed by atoms with E-state index in [-0.39, 0.29) is 6.10 Å². The van der Waals surface area contributed by atoms with Crippen molar-refractivity contribution in [2.45, 2.75) is 19.1 Å². The molecule has 4 nitrogen and oxygen atoms in total. The number of nitrogens with two attached hydrogens (primary N) is 1. The van der Waals surface area contributed by atoms with Crippen molar-refractivity contribution in [3.8, 4) is 11.5 Å². The molecular formula is C19H24N2O2. The van der Waals surface area contributed by atoms with Crippen LogP contribution in [-0.2, 0) is 11.3 Å². The van der Waals surface area contributed by atoms with Crippen LogP contribution in [0.3, 0.4) is 0 Å². The van der Waals surface area contributed by atoms with Crippen LogP contribution in [0.5, 0.6) is 11.5 Å². The average Bonchev–Trinajstić information content (AvgIpc) is 2.58. The zero-order chi connectivity index (χ0) is 15.9. The molecule has 0 amide bonds. The Hall–Kier alpha value is -1.88. The van der Waals surface area contributed by atoms with E-state index in [2.05, 4.69) is 17.0 Å². The Balaban J connectivity index is 1.55. The molecule has 122 valence electrons. The van der Waals surface area contributed by atoms with E-state index in [9.17, 15) is 0 Å². The van der Waals surface area contributed by atoms with Crippen LogP contribution in [0.15, 0.2) is 54.6 Å². The van der Waals surface area contributed by atoms with Gasteiger partial charge in [0.25, 0.3) is 0 Å². The van der Waals surface area contributed by atoms with Crippen LogP contribution in [0.4, 0.5) is 0 Å². The van der Waals surface area contributed by atoms with Gasteiger partial charge in [-0.2, -0.15) is 0 Å². The molecule has 1 heterocycles. The summed E-state index contributed by atoms with van der Waals surface area (Å²) in [5, 5.41) is 0. The highest BCUT2D eigenvalue weighted by molar-refractivity contribution is 5.32. The van der Waals surface area contributed by atoms with Crippen molar-refractivity contribution < 1.29 is 9.47 Å². The van der Waals surface area contributed by atoms with Gasteiger partial charge in [0, 0.05) is 19.6 Å². The Kier molecular flexibility index (Phi) is 5.64. The standard InChI is InChI=1S/C19H24N2O2/c20-11-10-19-15-21(12-13-22-19)14-16-6-8-18(9-7-16)23-17-4-2-1-3-5-17/h1-9,19H,10-15,20H2/t19-/m0/s1. The molecule has 0 aliphatic carbocycles. The Morgan fingerprint density at radius 1 is 1.04 bits per heavy atom. The van der Waals surface area contributed by atoms with E-state index in [1.807, 2.05) is 42.5 Å². The Labute approximate surface area is 137 Å². The summed E-state index contributed by atoms with van der Waals surface area (Å²) in [4.78, 5) is 2.43. The second-order valence-electron chi connectivity index (χ2n) is 5.86. The molecule has 1 aliphatic heterocycles. The van der Waals surface area contributed by atoms with Crippen molar-refractivity contribution in [3.05, 3.63) is 60.2 Å². The third kappa shape index (κ3) is 4.79. The number of nitrogens with zero attached hydrogens (tertiary/aromatic N) is 1. The van der Waals surface area contributed by atoms with Crippen LogP contribution in [0.2, 0.25) is 0 Å². The number of benzene rings is 2. The molecule has 23 heavy (non-hydrogen) atoms. The van der Waals surface area contributed by atoms with Crippen LogP contribution in [0.25, 0.3) is 0 Å². The van der Waals surface area contributed by atoms with Gasteiger partial charge in [0.05, 0.1) is 12.7 Å². The molecule has 0 unspecified atom stereocenters. The van der Waals surface area contributed by atoms with Crippen molar-refractivity contribution in [3.63, 3.8) is 0 Å². The van der Waals surface area contributed by atoms with Gasteiger partial charge in [-0.3, -0.25) is 4.90 Å². The number of hydrogen-bond acceptors (Lipinski definition) is 4. The molecule has 1 saturated heterocycles. The number of para-hydroxylation sites is 1. The minimum atomic E-state index is 0.273. The lowest BCUT2D eigenvalue weighted by Crippen LogP contribution is -2.42. The molecule has 2 N–H and O–H groups in total. The Morgan fingerprint density at radius 2 is 1.78 bits per heavy atom. The van der Waals surface area contributed by atoms with Crippen molar-refractivity contribution in [1.82, 2.24) is 4.90 Å². The van der Waals surface area contributed by atoms with E-state index < -0.39 is 0 Å². The summed E-state index contributed by atoms with van der Waals surface area (Å²) in [6.07, 6.45) is 1.20. The molecule has 2 aromatic rings.